The van der Waals surface area contributed by atoms with Gasteiger partial charge < -0.3 is 10.0 Å². The number of rotatable bonds is 6. The van der Waals surface area contributed by atoms with Crippen LogP contribution in [-0.4, -0.2) is 48.2 Å². The maximum Gasteiger partial charge on any atom is 0.244 e. The van der Waals surface area contributed by atoms with Gasteiger partial charge in [-0.05, 0) is 63.0 Å². The molecule has 24 heavy (non-hydrogen) atoms. The van der Waals surface area contributed by atoms with Crippen molar-refractivity contribution in [2.45, 2.75) is 32.2 Å². The Morgan fingerprint density at radius 1 is 1.42 bits per heavy atom. The molecule has 5 nitrogen and oxygen atoms in total. The third-order valence-electron chi connectivity index (χ3n) is 4.66. The van der Waals surface area contributed by atoms with Crippen LogP contribution in [0.25, 0.3) is 0 Å². The lowest BCUT2D eigenvalue weighted by Crippen LogP contribution is -2.50. The van der Waals surface area contributed by atoms with Crippen molar-refractivity contribution in [3.05, 3.63) is 30.1 Å². The number of amides is 1. The van der Waals surface area contributed by atoms with Crippen LogP contribution in [0.5, 0.6) is 0 Å². The number of hydrogen-bond acceptors (Lipinski definition) is 4. The Labute approximate surface area is 142 Å². The summed E-state index contributed by atoms with van der Waals surface area (Å²) in [6.07, 6.45) is 1.98. The monoisotopic (exact) mass is 333 g/mol. The zero-order chi connectivity index (χ0) is 17.5. The summed E-state index contributed by atoms with van der Waals surface area (Å²) in [5.41, 5.74) is 0.605. The largest absolute Gasteiger partial charge is 0.396 e. The molecular formula is C18H24FN3O2. The molecule has 1 atom stereocenters. The third-order valence-corrected chi connectivity index (χ3v) is 4.66. The lowest BCUT2D eigenvalue weighted by Gasteiger charge is -2.37. The molecule has 1 amide bonds. The molecule has 1 unspecified atom stereocenters. The highest BCUT2D eigenvalue weighted by atomic mass is 19.1. The van der Waals surface area contributed by atoms with Crippen molar-refractivity contribution in [2.24, 2.45) is 5.92 Å². The number of nitriles is 1. The first-order valence-electron chi connectivity index (χ1n) is 8.35. The molecule has 2 rings (SSSR count). The second-order valence-electron chi connectivity index (χ2n) is 6.21. The smallest absolute Gasteiger partial charge is 0.244 e. The van der Waals surface area contributed by atoms with Crippen LogP contribution < -0.4 is 4.90 Å². The molecule has 1 aromatic carbocycles. The number of carbonyl (C=O) groups excluding carboxylic acids is 1. The zero-order valence-corrected chi connectivity index (χ0v) is 14.0. The molecule has 1 fully saturated rings. The van der Waals surface area contributed by atoms with E-state index in [1.165, 1.54) is 12.1 Å². The van der Waals surface area contributed by atoms with Gasteiger partial charge in [0, 0.05) is 18.8 Å². The van der Waals surface area contributed by atoms with Crippen LogP contribution in [0.4, 0.5) is 10.1 Å². The van der Waals surface area contributed by atoms with Gasteiger partial charge in [-0.15, -0.1) is 0 Å². The zero-order valence-electron chi connectivity index (χ0n) is 14.0. The molecule has 0 spiro atoms. The molecule has 130 valence electrons. The number of carbonyl (C=O) groups is 1. The fourth-order valence-corrected chi connectivity index (χ4v) is 3.05. The van der Waals surface area contributed by atoms with Gasteiger partial charge >= 0.3 is 0 Å². The lowest BCUT2D eigenvalue weighted by atomic mass is 9.96. The van der Waals surface area contributed by atoms with Crippen molar-refractivity contribution in [3.8, 4) is 6.07 Å². The van der Waals surface area contributed by atoms with E-state index in [-0.39, 0.29) is 30.8 Å². The molecule has 1 aliphatic rings. The first kappa shape index (κ1) is 18.4. The van der Waals surface area contributed by atoms with Crippen molar-refractivity contribution >= 4 is 11.6 Å². The molecule has 0 radical (unpaired) electrons. The third kappa shape index (κ3) is 4.53. The van der Waals surface area contributed by atoms with E-state index in [1.807, 2.05) is 6.92 Å². The van der Waals surface area contributed by atoms with Gasteiger partial charge in [0.15, 0.2) is 0 Å². The number of anilines is 1. The summed E-state index contributed by atoms with van der Waals surface area (Å²) >= 11 is 0. The van der Waals surface area contributed by atoms with E-state index >= 15 is 0 Å². The van der Waals surface area contributed by atoms with Gasteiger partial charge in [0.2, 0.25) is 5.91 Å². The molecule has 0 aliphatic carbocycles. The van der Waals surface area contributed by atoms with E-state index < -0.39 is 0 Å². The second-order valence-corrected chi connectivity index (χ2v) is 6.21. The molecule has 1 saturated heterocycles. The summed E-state index contributed by atoms with van der Waals surface area (Å²) in [6, 6.07) is 7.51. The molecule has 6 heteroatoms. The first-order chi connectivity index (χ1) is 11.6. The predicted octanol–water partition coefficient (Wildman–Crippen LogP) is 2.17. The second kappa shape index (κ2) is 8.76. The van der Waals surface area contributed by atoms with E-state index in [2.05, 4.69) is 11.0 Å². The van der Waals surface area contributed by atoms with Gasteiger partial charge in [0.25, 0.3) is 0 Å². The minimum atomic E-state index is -0.356. The number of hydrogen-bond donors (Lipinski definition) is 1. The molecule has 1 heterocycles. The number of nitrogens with zero attached hydrogens (tertiary/aromatic N) is 3. The van der Waals surface area contributed by atoms with Gasteiger partial charge in [-0.1, -0.05) is 0 Å². The quantitative estimate of drug-likeness (QED) is 0.866. The number of aliphatic hydroxyl groups excluding tert-OH is 1. The predicted molar refractivity (Wildman–Crippen MR) is 89.8 cm³/mol. The van der Waals surface area contributed by atoms with Crippen molar-refractivity contribution in [1.29, 1.82) is 5.26 Å². The summed E-state index contributed by atoms with van der Waals surface area (Å²) in [5, 5.41) is 18.1. The Bertz CT molecular complexity index is 577. The highest BCUT2D eigenvalue weighted by Gasteiger charge is 2.29. The normalized spacial score (nSPS) is 17.2. The number of aliphatic hydroxyl groups is 1. The van der Waals surface area contributed by atoms with Crippen LogP contribution in [0.1, 0.15) is 26.2 Å². The Morgan fingerprint density at radius 2 is 2.04 bits per heavy atom. The van der Waals surface area contributed by atoms with Crippen LogP contribution in [0.3, 0.4) is 0 Å². The van der Waals surface area contributed by atoms with Gasteiger partial charge in [-0.3, -0.25) is 9.69 Å². The Balaban J connectivity index is 2.09. The highest BCUT2D eigenvalue weighted by molar-refractivity contribution is 5.97. The number of likely N-dealkylation sites (tertiary alicyclic amines) is 1. The number of halogens is 1. The fourth-order valence-electron chi connectivity index (χ4n) is 3.05. The minimum Gasteiger partial charge on any atom is -0.396 e. The molecule has 0 bridgehead atoms. The Kier molecular flexibility index (Phi) is 6.71. The van der Waals surface area contributed by atoms with Crippen molar-refractivity contribution in [2.75, 3.05) is 31.1 Å². The van der Waals surface area contributed by atoms with E-state index in [0.29, 0.717) is 18.2 Å². The van der Waals surface area contributed by atoms with Crippen LogP contribution in [0.2, 0.25) is 0 Å². The van der Waals surface area contributed by atoms with Gasteiger partial charge in [-0.2, -0.15) is 5.26 Å². The van der Waals surface area contributed by atoms with E-state index in [0.717, 1.165) is 25.9 Å². The topological polar surface area (TPSA) is 67.6 Å². The molecule has 1 N–H and O–H groups in total. The average Bonchev–Trinajstić information content (AvgIpc) is 2.62. The van der Waals surface area contributed by atoms with Crippen LogP contribution in [0.15, 0.2) is 24.3 Å². The summed E-state index contributed by atoms with van der Waals surface area (Å²) in [7, 11) is 0. The molecule has 0 aromatic heterocycles. The van der Waals surface area contributed by atoms with Crippen molar-refractivity contribution in [1.82, 2.24) is 4.90 Å². The maximum absolute atomic E-state index is 13.1. The van der Waals surface area contributed by atoms with Crippen LogP contribution in [0, 0.1) is 23.1 Å². The Hall–Kier alpha value is -1.97. The molecule has 1 aliphatic heterocycles. The van der Waals surface area contributed by atoms with Crippen LogP contribution >= 0.6 is 0 Å². The molecule has 0 saturated carbocycles. The molecular weight excluding hydrogens is 309 g/mol. The van der Waals surface area contributed by atoms with E-state index in [9.17, 15) is 14.3 Å². The summed E-state index contributed by atoms with van der Waals surface area (Å²) in [5.74, 6) is -0.125. The molecule has 1 aromatic rings. The SMILES string of the molecule is CC(C(=O)N(CCC#N)c1ccc(F)cc1)N1CCC(CO)CC1. The fraction of sp³-hybridized carbons (Fsp3) is 0.556. The van der Waals surface area contributed by atoms with E-state index in [1.54, 1.807) is 17.0 Å². The van der Waals surface area contributed by atoms with Crippen molar-refractivity contribution < 1.29 is 14.3 Å². The summed E-state index contributed by atoms with van der Waals surface area (Å²) in [4.78, 5) is 16.6. The van der Waals surface area contributed by atoms with Gasteiger partial charge in [0.1, 0.15) is 5.82 Å². The van der Waals surface area contributed by atoms with Gasteiger partial charge in [0.05, 0.1) is 18.5 Å². The minimum absolute atomic E-state index is 0.0840. The first-order valence-corrected chi connectivity index (χ1v) is 8.35. The highest BCUT2D eigenvalue weighted by Crippen LogP contribution is 2.22. The number of benzene rings is 1. The van der Waals surface area contributed by atoms with E-state index in [4.69, 9.17) is 5.26 Å². The standard InChI is InChI=1S/C18H24FN3O2/c1-14(21-11-7-15(13-23)8-12-21)18(24)22(10-2-9-20)17-5-3-16(19)4-6-17/h3-6,14-15,23H,2,7-8,10-13H2,1H3. The van der Waals surface area contributed by atoms with Gasteiger partial charge in [-0.25, -0.2) is 4.39 Å². The average molecular weight is 333 g/mol. The summed E-state index contributed by atoms with van der Waals surface area (Å²) in [6.45, 7) is 3.89. The lowest BCUT2D eigenvalue weighted by molar-refractivity contribution is -0.123. The van der Waals surface area contributed by atoms with Crippen LogP contribution in [-0.2, 0) is 4.79 Å². The summed E-state index contributed by atoms with van der Waals surface area (Å²) < 4.78 is 13.1. The Morgan fingerprint density at radius 3 is 2.58 bits per heavy atom. The number of piperidine rings is 1. The maximum atomic E-state index is 13.1. The van der Waals surface area contributed by atoms with Crippen molar-refractivity contribution in [3.63, 3.8) is 0 Å².